The fraction of sp³-hybridized carbons (Fsp3) is 0.733. The molecule has 0 aromatic carbocycles. The molecule has 1 aromatic rings. The Morgan fingerprint density at radius 1 is 1.35 bits per heavy atom. The smallest absolute Gasteiger partial charge is 0.395 e. The molecule has 1 saturated carbocycles. The summed E-state index contributed by atoms with van der Waals surface area (Å²) in [5.74, 6) is -3.50. The number of aliphatic carboxylic acids is 1. The number of alkyl halides is 3. The normalized spacial score (nSPS) is 31.6. The maximum absolute atomic E-state index is 13.4. The number of aromatic nitrogens is 2. The number of nitrogens with zero attached hydrogens (tertiary/aromatic N) is 1. The Hall–Kier alpha value is -1.57. The maximum Gasteiger partial charge on any atom is 0.395 e. The lowest BCUT2D eigenvalue weighted by Crippen LogP contribution is -2.56. The molecule has 0 aliphatic heterocycles. The van der Waals surface area contributed by atoms with Gasteiger partial charge in [-0.3, -0.25) is 5.10 Å². The van der Waals surface area contributed by atoms with Crippen LogP contribution in [0.4, 0.5) is 13.2 Å². The lowest BCUT2D eigenvalue weighted by molar-refractivity contribution is -0.263. The van der Waals surface area contributed by atoms with Gasteiger partial charge < -0.3 is 9.84 Å². The molecule has 0 spiro atoms. The minimum Gasteiger partial charge on any atom is -0.479 e. The van der Waals surface area contributed by atoms with Crippen LogP contribution in [-0.2, 0) is 16.0 Å². The Balaban J connectivity index is 1.94. The first-order valence-electron chi connectivity index (χ1n) is 7.84. The van der Waals surface area contributed by atoms with Crippen molar-refractivity contribution in [1.82, 2.24) is 10.2 Å². The Labute approximate surface area is 131 Å². The number of aryl methyl sites for hydroxylation is 1. The number of carbonyl (C=O) groups is 1. The van der Waals surface area contributed by atoms with Crippen molar-refractivity contribution >= 4 is 5.97 Å². The van der Waals surface area contributed by atoms with Gasteiger partial charge in [0, 0.05) is 0 Å². The van der Waals surface area contributed by atoms with Crippen LogP contribution >= 0.6 is 0 Å². The summed E-state index contributed by atoms with van der Waals surface area (Å²) < 4.78 is 46.0. The lowest BCUT2D eigenvalue weighted by atomic mass is 9.74. The minimum atomic E-state index is -4.59. The van der Waals surface area contributed by atoms with Crippen LogP contribution < -0.4 is 0 Å². The van der Waals surface area contributed by atoms with E-state index in [-0.39, 0.29) is 12.8 Å². The monoisotopic (exact) mass is 332 g/mol. The third kappa shape index (κ3) is 2.84. The maximum atomic E-state index is 13.4. The van der Waals surface area contributed by atoms with Crippen LogP contribution in [0.3, 0.4) is 0 Å². The van der Waals surface area contributed by atoms with Crippen molar-refractivity contribution in [3.05, 3.63) is 17.5 Å². The molecule has 8 heteroatoms. The number of halogens is 3. The first-order chi connectivity index (χ1) is 10.8. The average Bonchev–Trinajstić information content (AvgIpc) is 2.96. The summed E-state index contributed by atoms with van der Waals surface area (Å²) in [7, 11) is 0. The van der Waals surface area contributed by atoms with Gasteiger partial charge in [-0.1, -0.05) is 6.42 Å². The average molecular weight is 332 g/mol. The Morgan fingerprint density at radius 2 is 2.13 bits per heavy atom. The number of ether oxygens (including phenoxy) is 1. The zero-order valence-corrected chi connectivity index (χ0v) is 12.5. The molecule has 0 radical (unpaired) electrons. The number of carboxylic acid groups (broad SMARTS) is 1. The Kier molecular flexibility index (Phi) is 4.12. The van der Waals surface area contributed by atoms with Crippen molar-refractivity contribution in [2.45, 2.75) is 62.8 Å². The summed E-state index contributed by atoms with van der Waals surface area (Å²) >= 11 is 0. The molecule has 0 amide bonds. The first-order valence-corrected chi connectivity index (χ1v) is 7.84. The van der Waals surface area contributed by atoms with E-state index in [1.54, 1.807) is 6.20 Å². The van der Waals surface area contributed by atoms with Crippen molar-refractivity contribution in [2.24, 2.45) is 5.92 Å². The van der Waals surface area contributed by atoms with E-state index in [1.165, 1.54) is 0 Å². The summed E-state index contributed by atoms with van der Waals surface area (Å²) in [5.41, 5.74) is -0.703. The van der Waals surface area contributed by atoms with E-state index in [0.717, 1.165) is 18.4 Å². The summed E-state index contributed by atoms with van der Waals surface area (Å²) in [6, 6.07) is 0. The topological polar surface area (TPSA) is 75.2 Å². The largest absolute Gasteiger partial charge is 0.479 e. The van der Waals surface area contributed by atoms with Crippen LogP contribution in [0.15, 0.2) is 6.20 Å². The first kappa shape index (κ1) is 16.3. The van der Waals surface area contributed by atoms with Crippen molar-refractivity contribution < 1.29 is 27.8 Å². The molecule has 3 rings (SSSR count). The standard InChI is InChI=1S/C15H19F3N2O3/c16-15(17,18)11-6-1-2-7-14(11,13(21)22)23-10-5-3-4-9-8-19-20-12(9)10/h8,10-11H,1-7H2,(H,19,20)(H,21,22). The molecule has 2 N–H and O–H groups in total. The van der Waals surface area contributed by atoms with Crippen LogP contribution in [0.5, 0.6) is 0 Å². The van der Waals surface area contributed by atoms with Crippen LogP contribution in [0.2, 0.25) is 0 Å². The van der Waals surface area contributed by atoms with E-state index < -0.39 is 29.8 Å². The fourth-order valence-electron chi connectivity index (χ4n) is 3.81. The highest BCUT2D eigenvalue weighted by Gasteiger charge is 2.60. The molecule has 5 nitrogen and oxygen atoms in total. The van der Waals surface area contributed by atoms with Crippen molar-refractivity contribution in [1.29, 1.82) is 0 Å². The number of H-pyrrole nitrogens is 1. The van der Waals surface area contributed by atoms with Gasteiger partial charge in [-0.15, -0.1) is 0 Å². The molecule has 0 saturated heterocycles. The molecule has 1 heterocycles. The van der Waals surface area contributed by atoms with Crippen LogP contribution in [0, 0.1) is 5.92 Å². The molecule has 2 aliphatic rings. The van der Waals surface area contributed by atoms with Crippen LogP contribution in [-0.4, -0.2) is 33.1 Å². The predicted molar refractivity (Wildman–Crippen MR) is 73.7 cm³/mol. The SMILES string of the molecule is O=C(O)C1(OC2CCCc3cn[nH]c32)CCCCC1C(F)(F)F. The van der Waals surface area contributed by atoms with Gasteiger partial charge in [-0.25, -0.2) is 4.79 Å². The van der Waals surface area contributed by atoms with Gasteiger partial charge in [0.25, 0.3) is 0 Å². The van der Waals surface area contributed by atoms with Crippen molar-refractivity contribution in [3.8, 4) is 0 Å². The van der Waals surface area contributed by atoms with E-state index in [4.69, 9.17) is 4.74 Å². The highest BCUT2D eigenvalue weighted by Crippen LogP contribution is 2.49. The number of hydrogen-bond donors (Lipinski definition) is 2. The zero-order chi connectivity index (χ0) is 16.7. The molecule has 3 atom stereocenters. The number of fused-ring (bicyclic) bond motifs is 1. The third-order valence-corrected chi connectivity index (χ3v) is 4.95. The summed E-state index contributed by atoms with van der Waals surface area (Å²) in [4.78, 5) is 11.8. The highest BCUT2D eigenvalue weighted by atomic mass is 19.4. The van der Waals surface area contributed by atoms with E-state index in [2.05, 4.69) is 10.2 Å². The molecular formula is C15H19F3N2O3. The molecule has 1 fully saturated rings. The molecule has 0 bridgehead atoms. The fourth-order valence-corrected chi connectivity index (χ4v) is 3.81. The lowest BCUT2D eigenvalue weighted by Gasteiger charge is -2.43. The van der Waals surface area contributed by atoms with Crippen LogP contribution in [0.1, 0.15) is 55.9 Å². The van der Waals surface area contributed by atoms with Gasteiger partial charge in [-0.05, 0) is 44.1 Å². The van der Waals surface area contributed by atoms with Crippen LogP contribution in [0.25, 0.3) is 0 Å². The molecule has 128 valence electrons. The molecule has 23 heavy (non-hydrogen) atoms. The van der Waals surface area contributed by atoms with E-state index in [1.807, 2.05) is 0 Å². The number of carboxylic acids is 1. The van der Waals surface area contributed by atoms with Gasteiger partial charge >= 0.3 is 12.1 Å². The zero-order valence-electron chi connectivity index (χ0n) is 12.5. The second-order valence-electron chi connectivity index (χ2n) is 6.34. The van der Waals surface area contributed by atoms with Gasteiger partial charge in [0.05, 0.1) is 17.8 Å². The second-order valence-corrected chi connectivity index (χ2v) is 6.34. The Morgan fingerprint density at radius 3 is 2.83 bits per heavy atom. The van der Waals surface area contributed by atoms with E-state index in [0.29, 0.717) is 25.0 Å². The molecular weight excluding hydrogens is 313 g/mol. The van der Waals surface area contributed by atoms with Gasteiger partial charge in [0.15, 0.2) is 5.60 Å². The van der Waals surface area contributed by atoms with Gasteiger partial charge in [-0.2, -0.15) is 18.3 Å². The third-order valence-electron chi connectivity index (χ3n) is 4.95. The number of aromatic amines is 1. The quantitative estimate of drug-likeness (QED) is 0.890. The number of rotatable bonds is 3. The summed E-state index contributed by atoms with van der Waals surface area (Å²) in [5, 5.41) is 16.3. The number of nitrogens with one attached hydrogen (secondary N) is 1. The van der Waals surface area contributed by atoms with E-state index >= 15 is 0 Å². The minimum absolute atomic E-state index is 0.119. The number of hydrogen-bond acceptors (Lipinski definition) is 3. The van der Waals surface area contributed by atoms with E-state index in [9.17, 15) is 23.1 Å². The summed E-state index contributed by atoms with van der Waals surface area (Å²) in [6.45, 7) is 0. The summed E-state index contributed by atoms with van der Waals surface area (Å²) in [6.07, 6.45) is -1.19. The highest BCUT2D eigenvalue weighted by molar-refractivity contribution is 5.78. The van der Waals surface area contributed by atoms with Crippen molar-refractivity contribution in [2.75, 3.05) is 0 Å². The molecule has 1 aromatic heterocycles. The molecule has 3 unspecified atom stereocenters. The predicted octanol–water partition coefficient (Wildman–Crippen LogP) is 3.38. The van der Waals surface area contributed by atoms with Gasteiger partial charge in [0.1, 0.15) is 6.10 Å². The Bertz CT molecular complexity index is 587. The van der Waals surface area contributed by atoms with Gasteiger partial charge in [0.2, 0.25) is 0 Å². The molecule has 2 aliphatic carbocycles. The second kappa shape index (κ2) is 5.81. The van der Waals surface area contributed by atoms with Crippen molar-refractivity contribution in [3.63, 3.8) is 0 Å².